The molecule has 0 amide bonds. The standard InChI is InChI=1S/2C13H10.2C9H7.2C6H7.2ClH.2Zr/c2*1-3-7-12(8-4-1)11-13-9-5-2-6-10-13;2*1-2-5-9-7-3-6-8(9)4-1;2*1-6-4-2-3-5-6;;;;/h2*1-10H;2*1-7H;2*4-5H,2H2,1H3;2*1H;;/q;;4*-1;;;2*+2/p-2. The van der Waals surface area contributed by atoms with Gasteiger partial charge in [0.25, 0.3) is 0 Å². The van der Waals surface area contributed by atoms with E-state index >= 15 is 0 Å². The Kier molecular flexibility index (Phi) is 24.1. The molecule has 0 saturated carbocycles. The Bertz CT molecular complexity index is 2210. The fourth-order valence-electron chi connectivity index (χ4n) is 5.89. The van der Waals surface area contributed by atoms with E-state index in [0.29, 0.717) is 0 Å². The fraction of sp³-hybridized carbons (Fsp3) is 0.0714. The van der Waals surface area contributed by atoms with Crippen LogP contribution >= 0.6 is 0 Å². The molecule has 60 heavy (non-hydrogen) atoms. The van der Waals surface area contributed by atoms with Crippen molar-refractivity contribution in [2.45, 2.75) is 26.7 Å². The molecule has 0 fully saturated rings. The van der Waals surface area contributed by atoms with Crippen LogP contribution < -0.4 is 24.8 Å². The smallest absolute Gasteiger partial charge is 0.0809 e. The van der Waals surface area contributed by atoms with E-state index < -0.39 is 0 Å². The first kappa shape index (κ1) is 49.9. The van der Waals surface area contributed by atoms with Crippen LogP contribution in [0, 0.1) is 12.2 Å². The average molecular weight is 974 g/mol. The maximum absolute atomic E-state index is 3.05. The van der Waals surface area contributed by atoms with E-state index in [1.165, 1.54) is 110 Å². The van der Waals surface area contributed by atoms with Crippen molar-refractivity contribution in [1.82, 2.24) is 0 Å². The average Bonchev–Trinajstić information content (AvgIpc) is 4.16. The summed E-state index contributed by atoms with van der Waals surface area (Å²) in [7, 11) is 0. The molecular weight excluding hydrogens is 926 g/mol. The fourth-order valence-corrected chi connectivity index (χ4v) is 7.53. The van der Waals surface area contributed by atoms with E-state index in [1.54, 1.807) is 0 Å². The molecular formula is C56H48Cl2Zr2-2. The SMILES string of the molecule is CC1=CC[C-]=C1.CC1=CC[C-]=C1.[Cl-].[Cl-].[Zr+2]=[C](c1ccccc1)c1ccccc1.[Zr+2]=[C](c1ccccc1)c1ccccc1.c1ccc2[cH-]ccc2c1.c1ccc2[cH-]ccc2c1. The molecule has 0 aromatic heterocycles. The van der Waals surface area contributed by atoms with E-state index in [9.17, 15) is 0 Å². The molecule has 0 unspecified atom stereocenters. The summed E-state index contributed by atoms with van der Waals surface area (Å²) in [5, 5.41) is 5.32. The number of allylic oxidation sites excluding steroid dienone is 8. The summed E-state index contributed by atoms with van der Waals surface area (Å²) in [6.45, 7) is 4.17. The first-order valence-electron chi connectivity index (χ1n) is 19.5. The second-order valence-electron chi connectivity index (χ2n) is 13.5. The third-order valence-corrected chi connectivity index (χ3v) is 11.9. The Morgan fingerprint density at radius 3 is 0.917 bits per heavy atom. The van der Waals surface area contributed by atoms with Crippen molar-refractivity contribution in [3.63, 3.8) is 0 Å². The molecule has 0 saturated heterocycles. The predicted octanol–water partition coefficient (Wildman–Crippen LogP) is 8.12. The van der Waals surface area contributed by atoms with Crippen molar-refractivity contribution in [3.05, 3.63) is 276 Å². The van der Waals surface area contributed by atoms with Gasteiger partial charge in [-0.25, -0.2) is 23.3 Å². The molecule has 2 aliphatic rings. The molecule has 0 nitrogen and oxygen atoms in total. The molecule has 10 rings (SSSR count). The second-order valence-corrected chi connectivity index (χ2v) is 16.0. The Morgan fingerprint density at radius 2 is 0.683 bits per heavy atom. The molecule has 0 aliphatic heterocycles. The Labute approximate surface area is 400 Å². The number of rotatable bonds is 4. The topological polar surface area (TPSA) is 0 Å². The summed E-state index contributed by atoms with van der Waals surface area (Å²) < 4.78 is 2.83. The van der Waals surface area contributed by atoms with Crippen LogP contribution in [0.15, 0.2) is 242 Å². The van der Waals surface area contributed by atoms with E-state index in [2.05, 4.69) is 244 Å². The van der Waals surface area contributed by atoms with Gasteiger partial charge in [0.15, 0.2) is 0 Å². The third-order valence-electron chi connectivity index (χ3n) is 9.09. The number of hydrogen-bond donors (Lipinski definition) is 0. The van der Waals surface area contributed by atoms with Gasteiger partial charge >= 0.3 is 198 Å². The molecule has 0 radical (unpaired) electrons. The van der Waals surface area contributed by atoms with Crippen LogP contribution in [0.25, 0.3) is 21.5 Å². The zero-order valence-corrected chi connectivity index (χ0v) is 40.5. The summed E-state index contributed by atoms with van der Waals surface area (Å²) in [4.78, 5) is 0. The van der Waals surface area contributed by atoms with Gasteiger partial charge in [-0.2, -0.15) is 47.2 Å². The van der Waals surface area contributed by atoms with Gasteiger partial charge in [-0.05, 0) is 0 Å². The molecule has 0 N–H and O–H groups in total. The quantitative estimate of drug-likeness (QED) is 0.157. The molecule has 0 spiro atoms. The maximum Gasteiger partial charge on any atom is -0.0809 e. The van der Waals surface area contributed by atoms with Gasteiger partial charge in [0.2, 0.25) is 0 Å². The monoisotopic (exact) mass is 970 g/mol. The van der Waals surface area contributed by atoms with E-state index in [-0.39, 0.29) is 24.8 Å². The van der Waals surface area contributed by atoms with Crippen molar-refractivity contribution in [1.29, 1.82) is 0 Å². The van der Waals surface area contributed by atoms with Gasteiger partial charge in [-0.1, -0.05) is 12.1 Å². The Balaban J connectivity index is 0.000000196. The van der Waals surface area contributed by atoms with Crippen LogP contribution in [-0.2, 0) is 48.5 Å². The second kappa shape index (κ2) is 28.9. The van der Waals surface area contributed by atoms with E-state index in [4.69, 9.17) is 0 Å². The molecule has 296 valence electrons. The molecule has 0 bridgehead atoms. The normalized spacial score (nSPS) is 11.4. The molecule has 0 heterocycles. The predicted molar refractivity (Wildman–Crippen MR) is 244 cm³/mol. The summed E-state index contributed by atoms with van der Waals surface area (Å²) in [6, 6.07) is 71.6. The first-order valence-corrected chi connectivity index (χ1v) is 22.0. The van der Waals surface area contributed by atoms with Gasteiger partial charge < -0.3 is 24.8 Å². The van der Waals surface area contributed by atoms with Crippen molar-refractivity contribution in [3.8, 4) is 0 Å². The minimum Gasteiger partial charge on any atom is -0.168 e. The van der Waals surface area contributed by atoms with Crippen LogP contribution in [0.4, 0.5) is 0 Å². The summed E-state index contributed by atoms with van der Waals surface area (Å²) >= 11 is 2.92. The van der Waals surface area contributed by atoms with Crippen LogP contribution in [0.3, 0.4) is 0 Å². The maximum atomic E-state index is 3.05. The van der Waals surface area contributed by atoms with Crippen molar-refractivity contribution in [2.24, 2.45) is 0 Å². The summed E-state index contributed by atoms with van der Waals surface area (Å²) in [6.07, 6.45) is 16.5. The zero-order chi connectivity index (χ0) is 40.6. The van der Waals surface area contributed by atoms with Gasteiger partial charge in [-0.3, -0.25) is 12.2 Å². The number of halogens is 2. The minimum absolute atomic E-state index is 0. The molecule has 8 aromatic rings. The van der Waals surface area contributed by atoms with E-state index in [1.807, 2.05) is 12.2 Å². The van der Waals surface area contributed by atoms with E-state index in [0.717, 1.165) is 12.8 Å². The van der Waals surface area contributed by atoms with Crippen molar-refractivity contribution in [2.75, 3.05) is 0 Å². The molecule has 8 aromatic carbocycles. The molecule has 0 atom stereocenters. The molecule has 2 aliphatic carbocycles. The third kappa shape index (κ3) is 17.7. The number of benzene rings is 6. The van der Waals surface area contributed by atoms with Crippen LogP contribution in [0.2, 0.25) is 0 Å². The van der Waals surface area contributed by atoms with Gasteiger partial charge in [0.05, 0.1) is 0 Å². The minimum atomic E-state index is 0. The van der Waals surface area contributed by atoms with Gasteiger partial charge in [0.1, 0.15) is 0 Å². The number of hydrogen-bond acceptors (Lipinski definition) is 0. The van der Waals surface area contributed by atoms with Crippen LogP contribution in [-0.4, -0.2) is 6.41 Å². The van der Waals surface area contributed by atoms with Crippen molar-refractivity contribution < 1.29 is 73.3 Å². The largest absolute Gasteiger partial charge is 0.168 e. The summed E-state index contributed by atoms with van der Waals surface area (Å²) in [5.74, 6) is 0. The number of fused-ring (bicyclic) bond motifs is 2. The summed E-state index contributed by atoms with van der Waals surface area (Å²) in [5.41, 5.74) is 8.01. The zero-order valence-electron chi connectivity index (χ0n) is 34.1. The Morgan fingerprint density at radius 1 is 0.400 bits per heavy atom. The van der Waals surface area contributed by atoms with Crippen molar-refractivity contribution >= 4 is 28.0 Å². The van der Waals surface area contributed by atoms with Gasteiger partial charge in [0, 0.05) is 0 Å². The van der Waals surface area contributed by atoms with Gasteiger partial charge in [-0.15, -0.1) is 86.0 Å². The van der Waals surface area contributed by atoms with Crippen LogP contribution in [0.1, 0.15) is 48.9 Å². The first-order chi connectivity index (χ1) is 28.5. The Hall–Kier alpha value is -4.41. The van der Waals surface area contributed by atoms with Crippen LogP contribution in [0.5, 0.6) is 0 Å². The molecule has 4 heteroatoms.